The van der Waals surface area contributed by atoms with Crippen LogP contribution in [-0.4, -0.2) is 112 Å². The van der Waals surface area contributed by atoms with Crippen molar-refractivity contribution in [3.63, 3.8) is 0 Å². The third-order valence-corrected chi connectivity index (χ3v) is 8.28. The molecule has 1 atom stereocenters. The Morgan fingerprint density at radius 3 is 1.91 bits per heavy atom. The normalized spacial score (nSPS) is 18.8. The van der Waals surface area contributed by atoms with Crippen molar-refractivity contribution in [2.24, 2.45) is 5.92 Å². The highest BCUT2D eigenvalue weighted by Crippen LogP contribution is 2.26. The average molecular weight is 625 g/mol. The molecule has 2 aromatic rings. The molecule has 11 nitrogen and oxygen atoms in total. The molecule has 5 rings (SSSR count). The van der Waals surface area contributed by atoms with Gasteiger partial charge in [-0.05, 0) is 81.7 Å². The van der Waals surface area contributed by atoms with Crippen LogP contribution in [0.25, 0.3) is 0 Å². The van der Waals surface area contributed by atoms with E-state index in [1.54, 1.807) is 6.07 Å². The smallest absolute Gasteiger partial charge is 0.243 e. The summed E-state index contributed by atoms with van der Waals surface area (Å²) in [5.74, 6) is 0.378. The van der Waals surface area contributed by atoms with E-state index in [-0.39, 0.29) is 17.9 Å². The molecule has 4 N–H and O–H groups in total. The number of carbonyl (C=O) groups excluding carboxylic acids is 4. The number of imide groups is 1. The van der Waals surface area contributed by atoms with Gasteiger partial charge in [0.1, 0.15) is 0 Å². The first-order chi connectivity index (χ1) is 21.8. The molecule has 0 aromatic heterocycles. The second kappa shape index (κ2) is 19.6. The van der Waals surface area contributed by atoms with Gasteiger partial charge in [0.05, 0.1) is 6.04 Å². The van der Waals surface area contributed by atoms with Crippen LogP contribution in [0.2, 0.25) is 0 Å². The van der Waals surface area contributed by atoms with Crippen LogP contribution < -0.4 is 20.9 Å². The summed E-state index contributed by atoms with van der Waals surface area (Å²) < 4.78 is 0. The molecular formula is C34H52N6O5. The van der Waals surface area contributed by atoms with Crippen molar-refractivity contribution >= 4 is 41.4 Å². The van der Waals surface area contributed by atoms with Crippen LogP contribution in [-0.2, 0) is 9.59 Å². The number of anilines is 3. The Kier molecular flexibility index (Phi) is 16.2. The third-order valence-electron chi connectivity index (χ3n) is 8.28. The minimum atomic E-state index is -0.175. The van der Waals surface area contributed by atoms with Crippen LogP contribution in [0, 0.1) is 5.92 Å². The Hall–Kier alpha value is -3.80. The van der Waals surface area contributed by atoms with Gasteiger partial charge in [0.2, 0.25) is 11.8 Å². The summed E-state index contributed by atoms with van der Waals surface area (Å²) in [7, 11) is 4.67. The van der Waals surface area contributed by atoms with Crippen molar-refractivity contribution < 1.29 is 24.3 Å². The van der Waals surface area contributed by atoms with E-state index in [1.165, 1.54) is 5.69 Å². The van der Waals surface area contributed by atoms with Crippen LogP contribution in [0.4, 0.5) is 17.1 Å². The zero-order valence-electron chi connectivity index (χ0n) is 27.6. The largest absolute Gasteiger partial charge is 0.400 e. The lowest BCUT2D eigenvalue weighted by Crippen LogP contribution is -2.50. The number of hydrogen-bond acceptors (Lipinski definition) is 10. The SMILES string of the molecule is CC.CN(C)C1CCC(=O)NC1=O.CO.Nc1ccc(N2CCN(CC3CCN(c4ccc(C=O)c(C=O)c4)CC3)CC2)cc1. The van der Waals surface area contributed by atoms with Crippen LogP contribution in [0.15, 0.2) is 42.5 Å². The van der Waals surface area contributed by atoms with Crippen molar-refractivity contribution in [2.75, 3.05) is 82.6 Å². The van der Waals surface area contributed by atoms with Crippen LogP contribution in [0.5, 0.6) is 0 Å². The monoisotopic (exact) mass is 624 g/mol. The van der Waals surface area contributed by atoms with Gasteiger partial charge in [0, 0.05) is 87.5 Å². The molecule has 0 aliphatic carbocycles. The summed E-state index contributed by atoms with van der Waals surface area (Å²) >= 11 is 0. The topological polar surface area (TPSA) is 140 Å². The fraction of sp³-hybridized carbons (Fsp3) is 0.529. The maximum Gasteiger partial charge on any atom is 0.243 e. The van der Waals surface area contributed by atoms with Crippen molar-refractivity contribution in [2.45, 2.75) is 45.6 Å². The molecule has 3 aliphatic rings. The van der Waals surface area contributed by atoms with E-state index in [0.29, 0.717) is 29.9 Å². The summed E-state index contributed by atoms with van der Waals surface area (Å²) in [6, 6.07) is 13.6. The molecular weight excluding hydrogens is 572 g/mol. The number of nitrogen functional groups attached to an aromatic ring is 1. The van der Waals surface area contributed by atoms with E-state index < -0.39 is 0 Å². The summed E-state index contributed by atoms with van der Waals surface area (Å²) in [5.41, 5.74) is 9.84. The van der Waals surface area contributed by atoms with Gasteiger partial charge in [0.15, 0.2) is 12.6 Å². The highest BCUT2D eigenvalue weighted by atomic mass is 16.2. The summed E-state index contributed by atoms with van der Waals surface area (Å²) in [6.45, 7) is 11.5. The Bertz CT molecular complexity index is 1210. The Morgan fingerprint density at radius 2 is 1.38 bits per heavy atom. The van der Waals surface area contributed by atoms with Gasteiger partial charge in [-0.2, -0.15) is 0 Å². The fourth-order valence-electron chi connectivity index (χ4n) is 5.76. The number of hydrogen-bond donors (Lipinski definition) is 3. The third kappa shape index (κ3) is 11.3. The standard InChI is InChI=1S/C24H30N4O2.C7H12N2O2.C2H6.CH4O/c25-22-2-5-23(6-3-22)28-13-11-26(12-14-28)16-19-7-9-27(10-8-19)24-4-1-20(17-29)21(15-24)18-30;1-9(2)5-3-4-6(10)8-7(5)11;2*1-2/h1-6,15,17-19H,7-14,16,25H2;5H,3-4H2,1-2H3,(H,8,10,11);1-2H3;2H,1H3. The highest BCUT2D eigenvalue weighted by Gasteiger charge is 2.28. The highest BCUT2D eigenvalue weighted by molar-refractivity contribution is 6.00. The van der Waals surface area contributed by atoms with Crippen LogP contribution in [0.1, 0.15) is 60.2 Å². The Labute approximate surface area is 268 Å². The van der Waals surface area contributed by atoms with Gasteiger partial charge in [-0.3, -0.25) is 34.3 Å². The Balaban J connectivity index is 0.000000394. The maximum atomic E-state index is 11.2. The first kappa shape index (κ1) is 37.4. The molecule has 3 fully saturated rings. The number of aliphatic hydroxyl groups is 1. The van der Waals surface area contributed by atoms with Gasteiger partial charge in [-0.15, -0.1) is 0 Å². The lowest BCUT2D eigenvalue weighted by molar-refractivity contribution is -0.136. The number of likely N-dealkylation sites (N-methyl/N-ethyl adjacent to an activating group) is 1. The summed E-state index contributed by atoms with van der Waals surface area (Å²) in [5, 5.41) is 9.29. The van der Waals surface area contributed by atoms with Crippen molar-refractivity contribution in [3.8, 4) is 0 Å². The number of nitrogens with one attached hydrogen (secondary N) is 1. The quantitative estimate of drug-likeness (QED) is 0.239. The second-order valence-corrected chi connectivity index (χ2v) is 11.3. The van der Waals surface area contributed by atoms with E-state index in [2.05, 4.69) is 32.1 Å². The van der Waals surface area contributed by atoms with Crippen molar-refractivity contribution in [1.29, 1.82) is 0 Å². The van der Waals surface area contributed by atoms with E-state index in [1.807, 2.05) is 57.1 Å². The van der Waals surface area contributed by atoms with Gasteiger partial charge in [-0.25, -0.2) is 0 Å². The van der Waals surface area contributed by atoms with E-state index >= 15 is 0 Å². The molecule has 3 saturated heterocycles. The molecule has 0 bridgehead atoms. The van der Waals surface area contributed by atoms with Crippen LogP contribution >= 0.6 is 0 Å². The van der Waals surface area contributed by atoms with Gasteiger partial charge in [0.25, 0.3) is 0 Å². The number of piperazine rings is 1. The summed E-state index contributed by atoms with van der Waals surface area (Å²) in [6.07, 6.45) is 4.91. The number of aliphatic hydroxyl groups excluding tert-OH is 1. The molecule has 2 amide bonds. The zero-order valence-corrected chi connectivity index (χ0v) is 27.6. The summed E-state index contributed by atoms with van der Waals surface area (Å²) in [4.78, 5) is 53.2. The number of benzene rings is 2. The van der Waals surface area contributed by atoms with E-state index in [9.17, 15) is 19.2 Å². The number of nitrogens with two attached hydrogens (primary N) is 1. The zero-order chi connectivity index (χ0) is 33.4. The minimum Gasteiger partial charge on any atom is -0.400 e. The van der Waals surface area contributed by atoms with E-state index in [0.717, 1.165) is 89.7 Å². The minimum absolute atomic E-state index is 0.132. The van der Waals surface area contributed by atoms with Crippen molar-refractivity contribution in [3.05, 3.63) is 53.6 Å². The molecule has 0 saturated carbocycles. The predicted molar refractivity (Wildman–Crippen MR) is 181 cm³/mol. The number of piperidine rings is 2. The Morgan fingerprint density at radius 1 is 0.822 bits per heavy atom. The molecule has 0 spiro atoms. The van der Waals surface area contributed by atoms with Gasteiger partial charge in [-0.1, -0.05) is 13.8 Å². The molecule has 0 radical (unpaired) electrons. The molecule has 3 heterocycles. The fourth-order valence-corrected chi connectivity index (χ4v) is 5.76. The number of rotatable bonds is 7. The molecule has 2 aromatic carbocycles. The average Bonchev–Trinajstić information content (AvgIpc) is 3.07. The number of carbonyl (C=O) groups is 4. The lowest BCUT2D eigenvalue weighted by atomic mass is 9.95. The predicted octanol–water partition coefficient (Wildman–Crippen LogP) is 2.92. The number of nitrogens with zero attached hydrogens (tertiary/aromatic N) is 4. The van der Waals surface area contributed by atoms with Crippen LogP contribution in [0.3, 0.4) is 0 Å². The van der Waals surface area contributed by atoms with Gasteiger partial charge < -0.3 is 20.6 Å². The maximum absolute atomic E-state index is 11.2. The van der Waals surface area contributed by atoms with E-state index in [4.69, 9.17) is 10.8 Å². The molecule has 45 heavy (non-hydrogen) atoms. The number of amides is 2. The molecule has 248 valence electrons. The van der Waals surface area contributed by atoms with Crippen molar-refractivity contribution in [1.82, 2.24) is 15.1 Å². The molecule has 3 aliphatic heterocycles. The second-order valence-electron chi connectivity index (χ2n) is 11.3. The van der Waals surface area contributed by atoms with Gasteiger partial charge >= 0.3 is 0 Å². The first-order valence-corrected chi connectivity index (χ1v) is 15.8. The number of aldehydes is 2. The molecule has 1 unspecified atom stereocenters. The lowest BCUT2D eigenvalue weighted by Gasteiger charge is -2.40. The molecule has 11 heteroatoms. The first-order valence-electron chi connectivity index (χ1n) is 15.8.